The van der Waals surface area contributed by atoms with E-state index in [1.54, 1.807) is 6.07 Å². The number of esters is 1. The molecular weight excluding hydrogens is 332 g/mol. The molecule has 2 aliphatic heterocycles. The minimum atomic E-state index is -0.450. The number of benzene rings is 1. The molecule has 0 spiro atoms. The second kappa shape index (κ2) is 6.92. The van der Waals surface area contributed by atoms with Gasteiger partial charge < -0.3 is 15.0 Å². The van der Waals surface area contributed by atoms with Crippen LogP contribution >= 0.6 is 0 Å². The molecule has 0 saturated carbocycles. The SMILES string of the molecule is COC(=O)c1cc2n(n1)CCCN(C(=O)[C@H]1Cc3ccccc3CN1)C2. The summed E-state index contributed by atoms with van der Waals surface area (Å²) in [5.41, 5.74) is 3.65. The van der Waals surface area contributed by atoms with E-state index in [1.807, 2.05) is 21.7 Å². The second-order valence-electron chi connectivity index (χ2n) is 6.76. The number of ether oxygens (including phenoxy) is 1. The lowest BCUT2D eigenvalue weighted by molar-refractivity contribution is -0.134. The van der Waals surface area contributed by atoms with Gasteiger partial charge in [-0.1, -0.05) is 24.3 Å². The smallest absolute Gasteiger partial charge is 0.358 e. The molecule has 2 aromatic rings. The summed E-state index contributed by atoms with van der Waals surface area (Å²) in [6, 6.07) is 9.75. The first-order valence-electron chi connectivity index (χ1n) is 8.89. The molecule has 0 radical (unpaired) electrons. The van der Waals surface area contributed by atoms with Crippen molar-refractivity contribution in [3.05, 3.63) is 52.8 Å². The molecule has 1 aromatic carbocycles. The number of carbonyl (C=O) groups excluding carboxylic acids is 2. The summed E-state index contributed by atoms with van der Waals surface area (Å²) in [5.74, 6) is -0.345. The number of rotatable bonds is 2. The topological polar surface area (TPSA) is 76.5 Å². The first kappa shape index (κ1) is 16.8. The quantitative estimate of drug-likeness (QED) is 0.818. The van der Waals surface area contributed by atoms with Crippen molar-refractivity contribution in [1.82, 2.24) is 20.0 Å². The Hall–Kier alpha value is -2.67. The standard InChI is InChI=1S/C19H22N4O3/c1-26-19(25)17-10-15-12-22(7-4-8-23(15)21-17)18(24)16-9-13-5-2-3-6-14(13)11-20-16/h2-3,5-6,10,16,20H,4,7-9,11-12H2,1H3/t16-/m1/s1. The molecule has 0 bridgehead atoms. The third-order valence-corrected chi connectivity index (χ3v) is 5.10. The molecule has 136 valence electrons. The van der Waals surface area contributed by atoms with E-state index in [0.717, 1.165) is 12.1 Å². The highest BCUT2D eigenvalue weighted by Crippen LogP contribution is 2.20. The molecule has 1 atom stereocenters. The lowest BCUT2D eigenvalue weighted by atomic mass is 9.95. The zero-order valence-electron chi connectivity index (χ0n) is 14.8. The van der Waals surface area contributed by atoms with Crippen LogP contribution in [0.2, 0.25) is 0 Å². The lowest BCUT2D eigenvalue weighted by Crippen LogP contribution is -2.49. The Bertz CT molecular complexity index is 845. The summed E-state index contributed by atoms with van der Waals surface area (Å²) < 4.78 is 6.55. The zero-order valence-corrected chi connectivity index (χ0v) is 14.8. The van der Waals surface area contributed by atoms with Gasteiger partial charge in [-0.3, -0.25) is 9.48 Å². The molecule has 0 aliphatic carbocycles. The Balaban J connectivity index is 1.50. The zero-order chi connectivity index (χ0) is 18.1. The number of hydrogen-bond donors (Lipinski definition) is 1. The molecule has 1 N–H and O–H groups in total. The Labute approximate surface area is 151 Å². The molecule has 7 heteroatoms. The predicted octanol–water partition coefficient (Wildman–Crippen LogP) is 1.12. The normalized spacial score (nSPS) is 19.3. The summed E-state index contributed by atoms with van der Waals surface area (Å²) in [6.45, 7) is 2.56. The van der Waals surface area contributed by atoms with Gasteiger partial charge in [0.05, 0.1) is 25.4 Å². The molecular formula is C19H22N4O3. The largest absolute Gasteiger partial charge is 0.464 e. The van der Waals surface area contributed by atoms with Crippen LogP contribution in [0.1, 0.15) is 33.7 Å². The molecule has 0 fully saturated rings. The van der Waals surface area contributed by atoms with Gasteiger partial charge in [-0.15, -0.1) is 0 Å². The van der Waals surface area contributed by atoms with E-state index in [2.05, 4.69) is 22.5 Å². The van der Waals surface area contributed by atoms with Crippen LogP contribution < -0.4 is 5.32 Å². The average molecular weight is 354 g/mol. The number of amides is 1. The molecule has 1 aromatic heterocycles. The molecule has 4 rings (SSSR count). The number of methoxy groups -OCH3 is 1. The predicted molar refractivity (Wildman–Crippen MR) is 94.4 cm³/mol. The first-order chi connectivity index (χ1) is 12.7. The highest BCUT2D eigenvalue weighted by molar-refractivity contribution is 5.87. The van der Waals surface area contributed by atoms with Crippen molar-refractivity contribution >= 4 is 11.9 Å². The van der Waals surface area contributed by atoms with Gasteiger partial charge in [0.25, 0.3) is 0 Å². The van der Waals surface area contributed by atoms with Crippen LogP contribution in [0.5, 0.6) is 0 Å². The van der Waals surface area contributed by atoms with Gasteiger partial charge in [0, 0.05) is 19.6 Å². The van der Waals surface area contributed by atoms with E-state index < -0.39 is 5.97 Å². The number of nitrogens with one attached hydrogen (secondary N) is 1. The molecule has 26 heavy (non-hydrogen) atoms. The fraction of sp³-hybridized carbons (Fsp3) is 0.421. The maximum atomic E-state index is 13.1. The van der Waals surface area contributed by atoms with Gasteiger partial charge in [-0.25, -0.2) is 4.79 Å². The number of nitrogens with zero attached hydrogens (tertiary/aromatic N) is 3. The van der Waals surface area contributed by atoms with E-state index in [0.29, 0.717) is 38.3 Å². The highest BCUT2D eigenvalue weighted by atomic mass is 16.5. The third-order valence-electron chi connectivity index (χ3n) is 5.10. The van der Waals surface area contributed by atoms with Crippen molar-refractivity contribution in [2.75, 3.05) is 13.7 Å². The molecule has 7 nitrogen and oxygen atoms in total. The van der Waals surface area contributed by atoms with E-state index in [1.165, 1.54) is 18.2 Å². The Kier molecular flexibility index (Phi) is 4.46. The number of aryl methyl sites for hydroxylation is 1. The second-order valence-corrected chi connectivity index (χ2v) is 6.76. The van der Waals surface area contributed by atoms with Gasteiger partial charge in [-0.2, -0.15) is 5.10 Å². The number of carbonyl (C=O) groups is 2. The fourth-order valence-electron chi connectivity index (χ4n) is 3.70. The van der Waals surface area contributed by atoms with Crippen molar-refractivity contribution in [3.8, 4) is 0 Å². The van der Waals surface area contributed by atoms with Crippen molar-refractivity contribution in [3.63, 3.8) is 0 Å². The molecule has 2 aliphatic rings. The van der Waals surface area contributed by atoms with Gasteiger partial charge in [0.1, 0.15) is 0 Å². The van der Waals surface area contributed by atoms with E-state index in [-0.39, 0.29) is 11.9 Å². The highest BCUT2D eigenvalue weighted by Gasteiger charge is 2.30. The summed E-state index contributed by atoms with van der Waals surface area (Å²) in [6.07, 6.45) is 1.52. The Morgan fingerprint density at radius 2 is 2.04 bits per heavy atom. The summed E-state index contributed by atoms with van der Waals surface area (Å²) in [4.78, 5) is 26.6. The van der Waals surface area contributed by atoms with Crippen LogP contribution in [-0.4, -0.2) is 46.3 Å². The van der Waals surface area contributed by atoms with Crippen LogP contribution in [0.4, 0.5) is 0 Å². The number of fused-ring (bicyclic) bond motifs is 2. The number of hydrogen-bond acceptors (Lipinski definition) is 5. The van der Waals surface area contributed by atoms with Gasteiger partial charge in [0.2, 0.25) is 5.91 Å². The van der Waals surface area contributed by atoms with Crippen LogP contribution in [0.3, 0.4) is 0 Å². The Morgan fingerprint density at radius 3 is 2.85 bits per heavy atom. The molecule has 3 heterocycles. The number of aromatic nitrogens is 2. The van der Waals surface area contributed by atoms with Crippen LogP contribution in [-0.2, 0) is 35.6 Å². The van der Waals surface area contributed by atoms with Crippen molar-refractivity contribution in [1.29, 1.82) is 0 Å². The molecule has 0 saturated heterocycles. The van der Waals surface area contributed by atoms with E-state index in [9.17, 15) is 9.59 Å². The minimum Gasteiger partial charge on any atom is -0.464 e. The molecule has 0 unspecified atom stereocenters. The van der Waals surface area contributed by atoms with Crippen LogP contribution in [0.25, 0.3) is 0 Å². The van der Waals surface area contributed by atoms with Crippen molar-refractivity contribution in [2.45, 2.75) is 38.5 Å². The van der Waals surface area contributed by atoms with Crippen molar-refractivity contribution in [2.24, 2.45) is 0 Å². The summed E-state index contributed by atoms with van der Waals surface area (Å²) >= 11 is 0. The monoisotopic (exact) mass is 354 g/mol. The van der Waals surface area contributed by atoms with E-state index in [4.69, 9.17) is 4.74 Å². The average Bonchev–Trinajstić information content (AvgIpc) is 2.98. The van der Waals surface area contributed by atoms with Gasteiger partial charge in [0.15, 0.2) is 5.69 Å². The third kappa shape index (κ3) is 3.10. The summed E-state index contributed by atoms with van der Waals surface area (Å²) in [5, 5.41) is 7.67. The van der Waals surface area contributed by atoms with Gasteiger partial charge in [-0.05, 0) is 30.0 Å². The van der Waals surface area contributed by atoms with Gasteiger partial charge >= 0.3 is 5.97 Å². The summed E-state index contributed by atoms with van der Waals surface area (Å²) in [7, 11) is 1.34. The van der Waals surface area contributed by atoms with Crippen LogP contribution in [0, 0.1) is 0 Å². The maximum Gasteiger partial charge on any atom is 0.358 e. The lowest BCUT2D eigenvalue weighted by Gasteiger charge is -2.30. The Morgan fingerprint density at radius 1 is 1.23 bits per heavy atom. The first-order valence-corrected chi connectivity index (χ1v) is 8.89. The molecule has 1 amide bonds. The van der Waals surface area contributed by atoms with Crippen molar-refractivity contribution < 1.29 is 14.3 Å². The van der Waals surface area contributed by atoms with Crippen LogP contribution in [0.15, 0.2) is 30.3 Å². The maximum absolute atomic E-state index is 13.1. The van der Waals surface area contributed by atoms with E-state index >= 15 is 0 Å². The fourth-order valence-corrected chi connectivity index (χ4v) is 3.70. The minimum absolute atomic E-state index is 0.105.